The van der Waals surface area contributed by atoms with Crippen LogP contribution in [0.1, 0.15) is 0 Å². The van der Waals surface area contributed by atoms with Gasteiger partial charge in [-0.05, 0) is 0 Å². The van der Waals surface area contributed by atoms with Gasteiger partial charge in [0.15, 0.2) is 0 Å². The molecular formula is C5H5FIN. The minimum Gasteiger partial charge on any atom is -1.00 e. The molecule has 0 aromatic carbocycles. The third-order valence-corrected chi connectivity index (χ3v) is 0.679. The van der Waals surface area contributed by atoms with Gasteiger partial charge in [-0.2, -0.15) is 0 Å². The standard InChI is InChI=1S/C5H5FN.HI/c6-7-4-2-1-3-5-7;/h1-5H;1H/q+1;/p-1. The Morgan fingerprint density at radius 2 is 1.50 bits per heavy atom. The van der Waals surface area contributed by atoms with E-state index in [1.54, 1.807) is 18.2 Å². The second kappa shape index (κ2) is 3.77. The number of halogens is 2. The molecule has 1 nitrogen and oxygen atoms in total. The van der Waals surface area contributed by atoms with Crippen LogP contribution in [0.4, 0.5) is 4.48 Å². The zero-order valence-electron chi connectivity index (χ0n) is 4.09. The van der Waals surface area contributed by atoms with Crippen molar-refractivity contribution in [3.63, 3.8) is 0 Å². The maximum atomic E-state index is 11.8. The van der Waals surface area contributed by atoms with Gasteiger partial charge in [0.25, 0.3) is 0 Å². The molecule has 0 saturated carbocycles. The number of hydrogen-bond donors (Lipinski definition) is 0. The monoisotopic (exact) mass is 225 g/mol. The van der Waals surface area contributed by atoms with Crippen molar-refractivity contribution in [2.24, 2.45) is 0 Å². The van der Waals surface area contributed by atoms with Gasteiger partial charge < -0.3 is 24.0 Å². The summed E-state index contributed by atoms with van der Waals surface area (Å²) in [6.07, 6.45) is 2.67. The van der Waals surface area contributed by atoms with Crippen LogP contribution in [-0.4, -0.2) is 0 Å². The van der Waals surface area contributed by atoms with E-state index >= 15 is 0 Å². The molecule has 0 fully saturated rings. The molecule has 0 saturated heterocycles. The maximum Gasteiger partial charge on any atom is 0.218 e. The molecule has 44 valence electrons. The Hall–Kier alpha value is -0.190. The lowest BCUT2D eigenvalue weighted by Gasteiger charge is -1.69. The van der Waals surface area contributed by atoms with Crippen molar-refractivity contribution < 1.29 is 33.2 Å². The van der Waals surface area contributed by atoms with E-state index < -0.39 is 0 Å². The summed E-state index contributed by atoms with van der Waals surface area (Å²) in [6, 6.07) is 5.01. The smallest absolute Gasteiger partial charge is 0.218 e. The zero-order chi connectivity index (χ0) is 5.11. The summed E-state index contributed by atoms with van der Waals surface area (Å²) in [7, 11) is 0. The van der Waals surface area contributed by atoms with Gasteiger partial charge in [-0.25, -0.2) is 0 Å². The van der Waals surface area contributed by atoms with Gasteiger partial charge in [-0.15, -0.1) is 0 Å². The quantitative estimate of drug-likeness (QED) is 0.437. The van der Waals surface area contributed by atoms with E-state index in [1.807, 2.05) is 0 Å². The molecule has 1 heterocycles. The predicted octanol–water partition coefficient (Wildman–Crippen LogP) is -2.29. The molecule has 0 atom stereocenters. The second-order valence-corrected chi connectivity index (χ2v) is 1.22. The number of hydrogen-bond acceptors (Lipinski definition) is 0. The molecule has 3 heteroatoms. The molecule has 0 N–H and O–H groups in total. The SMILES string of the molecule is F[n+]1ccccc1.[I-]. The van der Waals surface area contributed by atoms with E-state index in [-0.39, 0.29) is 24.0 Å². The fraction of sp³-hybridized carbons (Fsp3) is 0. The number of pyridine rings is 1. The van der Waals surface area contributed by atoms with E-state index in [9.17, 15) is 4.48 Å². The summed E-state index contributed by atoms with van der Waals surface area (Å²) < 4.78 is 11.8. The molecule has 0 aliphatic rings. The Balaban J connectivity index is 0.000000490. The van der Waals surface area contributed by atoms with Crippen molar-refractivity contribution in [3.8, 4) is 0 Å². The Kier molecular flexibility index (Phi) is 3.68. The average Bonchev–Trinajstić information content (AvgIpc) is 1.69. The first-order valence-corrected chi connectivity index (χ1v) is 2.02. The normalized spacial score (nSPS) is 7.62. The topological polar surface area (TPSA) is 3.88 Å². The first-order chi connectivity index (χ1) is 3.39. The fourth-order valence-corrected chi connectivity index (χ4v) is 0.378. The van der Waals surface area contributed by atoms with Gasteiger partial charge in [0.2, 0.25) is 12.4 Å². The van der Waals surface area contributed by atoms with Crippen molar-refractivity contribution >= 4 is 0 Å². The molecule has 0 aliphatic heterocycles. The number of rotatable bonds is 0. The molecule has 1 aromatic rings. The largest absolute Gasteiger partial charge is 1.00 e. The van der Waals surface area contributed by atoms with Crippen LogP contribution in [0.2, 0.25) is 0 Å². The van der Waals surface area contributed by atoms with Gasteiger partial charge in [-0.3, -0.25) is 0 Å². The highest BCUT2D eigenvalue weighted by Gasteiger charge is 1.86. The molecule has 1 rings (SSSR count). The molecule has 0 amide bonds. The number of nitrogens with zero attached hydrogens (tertiary/aromatic N) is 1. The molecule has 0 bridgehead atoms. The van der Waals surface area contributed by atoms with E-state index in [1.165, 1.54) is 12.4 Å². The van der Waals surface area contributed by atoms with E-state index in [2.05, 4.69) is 0 Å². The minimum atomic E-state index is 0. The predicted molar refractivity (Wildman–Crippen MR) is 23.1 cm³/mol. The Morgan fingerprint density at radius 1 is 1.00 bits per heavy atom. The van der Waals surface area contributed by atoms with Gasteiger partial charge in [0.05, 0.1) is 4.48 Å². The van der Waals surface area contributed by atoms with Crippen LogP contribution in [0.5, 0.6) is 0 Å². The van der Waals surface area contributed by atoms with E-state index in [0.717, 1.165) is 0 Å². The zero-order valence-corrected chi connectivity index (χ0v) is 6.25. The first-order valence-electron chi connectivity index (χ1n) is 2.02. The van der Waals surface area contributed by atoms with Crippen LogP contribution in [0, 0.1) is 0 Å². The molecular weight excluding hydrogens is 220 g/mol. The molecule has 0 radical (unpaired) electrons. The van der Waals surface area contributed by atoms with Crippen LogP contribution in [0.15, 0.2) is 30.6 Å². The summed E-state index contributed by atoms with van der Waals surface area (Å²) in [4.78, 5) is 0.500. The lowest BCUT2D eigenvalue weighted by molar-refractivity contribution is -0.843. The lowest BCUT2D eigenvalue weighted by Crippen LogP contribution is -3.00. The third-order valence-electron chi connectivity index (χ3n) is 0.679. The molecule has 1 aromatic heterocycles. The Morgan fingerprint density at radius 3 is 1.75 bits per heavy atom. The highest BCUT2D eigenvalue weighted by Crippen LogP contribution is 1.73. The molecule has 0 aliphatic carbocycles. The maximum absolute atomic E-state index is 11.8. The van der Waals surface area contributed by atoms with Gasteiger partial charge in [0.1, 0.15) is 0 Å². The summed E-state index contributed by atoms with van der Waals surface area (Å²) in [5, 5.41) is 0. The van der Waals surface area contributed by atoms with Crippen LogP contribution in [0.25, 0.3) is 0 Å². The third kappa shape index (κ3) is 2.20. The number of aromatic nitrogens is 1. The van der Waals surface area contributed by atoms with Crippen molar-refractivity contribution in [2.75, 3.05) is 0 Å². The molecule has 8 heavy (non-hydrogen) atoms. The summed E-state index contributed by atoms with van der Waals surface area (Å²) in [6.45, 7) is 0. The lowest BCUT2D eigenvalue weighted by atomic mass is 10.5. The highest BCUT2D eigenvalue weighted by molar-refractivity contribution is 4.82. The van der Waals surface area contributed by atoms with Crippen LogP contribution in [0.3, 0.4) is 0 Å². The summed E-state index contributed by atoms with van der Waals surface area (Å²) >= 11 is 0. The van der Waals surface area contributed by atoms with Crippen molar-refractivity contribution in [1.82, 2.24) is 0 Å². The van der Waals surface area contributed by atoms with Crippen molar-refractivity contribution in [1.29, 1.82) is 0 Å². The fourth-order valence-electron chi connectivity index (χ4n) is 0.378. The summed E-state index contributed by atoms with van der Waals surface area (Å²) in [5.74, 6) is 0. The van der Waals surface area contributed by atoms with Crippen LogP contribution < -0.4 is 28.8 Å². The van der Waals surface area contributed by atoms with Gasteiger partial charge >= 0.3 is 0 Å². The second-order valence-electron chi connectivity index (χ2n) is 1.22. The Labute approximate surface area is 64.1 Å². The van der Waals surface area contributed by atoms with Crippen LogP contribution in [-0.2, 0) is 0 Å². The molecule has 0 spiro atoms. The van der Waals surface area contributed by atoms with Crippen LogP contribution >= 0.6 is 0 Å². The minimum absolute atomic E-state index is 0. The van der Waals surface area contributed by atoms with Crippen molar-refractivity contribution in [3.05, 3.63) is 30.6 Å². The Bertz CT molecular complexity index is 142. The van der Waals surface area contributed by atoms with Gasteiger partial charge in [-0.1, -0.05) is 6.07 Å². The van der Waals surface area contributed by atoms with Gasteiger partial charge in [0, 0.05) is 16.9 Å². The highest BCUT2D eigenvalue weighted by atomic mass is 127. The van der Waals surface area contributed by atoms with E-state index in [4.69, 9.17) is 0 Å². The first kappa shape index (κ1) is 7.81. The summed E-state index contributed by atoms with van der Waals surface area (Å²) in [5.41, 5.74) is 0. The average molecular weight is 225 g/mol. The van der Waals surface area contributed by atoms with E-state index in [0.29, 0.717) is 4.79 Å². The molecule has 0 unspecified atom stereocenters. The van der Waals surface area contributed by atoms with Crippen molar-refractivity contribution in [2.45, 2.75) is 0 Å².